The number of rotatable bonds is 7. The number of aryl methyl sites for hydroxylation is 1. The van der Waals surface area contributed by atoms with E-state index in [1.165, 1.54) is 0 Å². The molecule has 1 N–H and O–H groups in total. The third kappa shape index (κ3) is 5.35. The number of nitrogens with zero attached hydrogens (tertiary/aromatic N) is 5. The minimum Gasteiger partial charge on any atom is -0.462 e. The molecular formula is C24H30N6O4. The second-order valence-corrected chi connectivity index (χ2v) is 8.63. The maximum absolute atomic E-state index is 12.6. The molecule has 0 spiro atoms. The van der Waals surface area contributed by atoms with E-state index < -0.39 is 0 Å². The van der Waals surface area contributed by atoms with Crippen LogP contribution in [0.4, 0.5) is 11.6 Å². The second-order valence-electron chi connectivity index (χ2n) is 8.63. The zero-order valence-corrected chi connectivity index (χ0v) is 19.5. The Kier molecular flexibility index (Phi) is 6.98. The Morgan fingerprint density at radius 2 is 1.82 bits per heavy atom. The van der Waals surface area contributed by atoms with E-state index in [2.05, 4.69) is 30.3 Å². The molecule has 0 bridgehead atoms. The van der Waals surface area contributed by atoms with Crippen molar-refractivity contribution in [3.8, 4) is 6.01 Å². The lowest BCUT2D eigenvalue weighted by atomic mass is 10.1. The first kappa shape index (κ1) is 22.7. The van der Waals surface area contributed by atoms with Gasteiger partial charge in [-0.2, -0.15) is 15.1 Å². The fourth-order valence-electron chi connectivity index (χ4n) is 4.29. The molecule has 10 nitrogen and oxygen atoms in total. The van der Waals surface area contributed by atoms with E-state index in [-0.39, 0.29) is 11.8 Å². The predicted octanol–water partition coefficient (Wildman–Crippen LogP) is 1.27. The van der Waals surface area contributed by atoms with Gasteiger partial charge in [0.1, 0.15) is 18.1 Å². The molecule has 10 heteroatoms. The number of carbonyl (C=O) groups is 1. The van der Waals surface area contributed by atoms with Gasteiger partial charge in [-0.05, 0) is 18.6 Å². The van der Waals surface area contributed by atoms with Crippen molar-refractivity contribution in [2.24, 2.45) is 5.10 Å². The molecule has 0 amide bonds. The molecule has 0 atom stereocenters. The lowest BCUT2D eigenvalue weighted by Gasteiger charge is -2.28. The number of Topliss-reactive ketones (excluding diaryl/α,β-unsaturated/α-hetero) is 1. The summed E-state index contributed by atoms with van der Waals surface area (Å²) in [7, 11) is 0. The number of benzene rings is 1. The molecule has 2 aromatic rings. The number of ketones is 1. The van der Waals surface area contributed by atoms with Gasteiger partial charge >= 0.3 is 6.01 Å². The maximum Gasteiger partial charge on any atom is 0.320 e. The van der Waals surface area contributed by atoms with Crippen molar-refractivity contribution < 1.29 is 19.0 Å². The van der Waals surface area contributed by atoms with E-state index in [0.29, 0.717) is 37.8 Å². The highest BCUT2D eigenvalue weighted by molar-refractivity contribution is 6.49. The van der Waals surface area contributed by atoms with Crippen molar-refractivity contribution in [2.75, 3.05) is 76.1 Å². The van der Waals surface area contributed by atoms with Gasteiger partial charge in [-0.1, -0.05) is 17.7 Å². The van der Waals surface area contributed by atoms with Gasteiger partial charge in [0.2, 0.25) is 0 Å². The molecule has 3 aliphatic rings. The molecule has 2 saturated heterocycles. The summed E-state index contributed by atoms with van der Waals surface area (Å²) < 4.78 is 16.8. The molecule has 1 aliphatic carbocycles. The normalized spacial score (nSPS) is 20.0. The Morgan fingerprint density at radius 1 is 1.06 bits per heavy atom. The molecule has 3 heterocycles. The van der Waals surface area contributed by atoms with Crippen LogP contribution in [0.25, 0.3) is 0 Å². The molecule has 5 rings (SSSR count). The van der Waals surface area contributed by atoms with E-state index in [0.717, 1.165) is 68.4 Å². The SMILES string of the molecule is Cc1ccc2c(c1)/C(=N/Nc1cc(N3CCOCC3)nc(OCCN3CCOCC3)n1)C(=O)C2. The Bertz CT molecular complexity index is 1060. The first-order chi connectivity index (χ1) is 16.7. The number of hydrogen-bond acceptors (Lipinski definition) is 10. The number of nitrogens with one attached hydrogen (secondary N) is 1. The zero-order chi connectivity index (χ0) is 23.3. The predicted molar refractivity (Wildman–Crippen MR) is 128 cm³/mol. The number of hydrogen-bond donors (Lipinski definition) is 1. The summed E-state index contributed by atoms with van der Waals surface area (Å²) in [6.45, 7) is 9.34. The molecule has 2 fully saturated rings. The molecule has 0 saturated carbocycles. The number of aromatic nitrogens is 2. The van der Waals surface area contributed by atoms with E-state index in [1.54, 1.807) is 0 Å². The fourth-order valence-corrected chi connectivity index (χ4v) is 4.29. The minimum absolute atomic E-state index is 0.00227. The Balaban J connectivity index is 1.34. The summed E-state index contributed by atoms with van der Waals surface area (Å²) in [5, 5.41) is 4.44. The summed E-state index contributed by atoms with van der Waals surface area (Å²) in [4.78, 5) is 26.1. The highest BCUT2D eigenvalue weighted by atomic mass is 16.5. The summed E-state index contributed by atoms with van der Waals surface area (Å²) in [5.74, 6) is 1.23. The fraction of sp³-hybridized carbons (Fsp3) is 0.500. The number of carbonyl (C=O) groups excluding carboxylic acids is 1. The van der Waals surface area contributed by atoms with Crippen LogP contribution in [-0.4, -0.2) is 92.1 Å². The molecule has 2 aliphatic heterocycles. The van der Waals surface area contributed by atoms with Crippen LogP contribution in [-0.2, 0) is 20.7 Å². The van der Waals surface area contributed by atoms with E-state index in [9.17, 15) is 4.79 Å². The number of morpholine rings is 2. The molecule has 180 valence electrons. The van der Waals surface area contributed by atoms with Crippen molar-refractivity contribution in [1.29, 1.82) is 0 Å². The monoisotopic (exact) mass is 466 g/mol. The van der Waals surface area contributed by atoms with Gasteiger partial charge in [0, 0.05) is 50.8 Å². The summed E-state index contributed by atoms with van der Waals surface area (Å²) in [5.41, 5.74) is 6.39. The standard InChI is InChI=1S/C24H30N6O4/c1-17-2-3-18-15-20(31)23(19(18)14-17)28-27-21-16-22(30-7-11-33-12-8-30)26-24(25-21)34-13-6-29-4-9-32-10-5-29/h2-3,14,16H,4-13,15H2,1H3,(H,25,26,27)/b28-23-. The lowest BCUT2D eigenvalue weighted by Crippen LogP contribution is -2.39. The van der Waals surface area contributed by atoms with Gasteiger partial charge < -0.3 is 19.1 Å². The van der Waals surface area contributed by atoms with Crippen LogP contribution in [0.2, 0.25) is 0 Å². The number of hydrazone groups is 1. The van der Waals surface area contributed by atoms with Gasteiger partial charge in [-0.25, -0.2) is 0 Å². The van der Waals surface area contributed by atoms with Crippen molar-refractivity contribution in [1.82, 2.24) is 14.9 Å². The van der Waals surface area contributed by atoms with Gasteiger partial charge in [0.25, 0.3) is 0 Å². The van der Waals surface area contributed by atoms with Gasteiger partial charge in [0.15, 0.2) is 11.6 Å². The Morgan fingerprint density at radius 3 is 2.62 bits per heavy atom. The Labute approximate surface area is 198 Å². The average molecular weight is 467 g/mol. The molecule has 1 aromatic carbocycles. The smallest absolute Gasteiger partial charge is 0.320 e. The van der Waals surface area contributed by atoms with Crippen LogP contribution in [0.3, 0.4) is 0 Å². The van der Waals surface area contributed by atoms with Crippen molar-refractivity contribution in [2.45, 2.75) is 13.3 Å². The third-order valence-corrected chi connectivity index (χ3v) is 6.19. The van der Waals surface area contributed by atoms with Crippen molar-refractivity contribution in [3.05, 3.63) is 41.0 Å². The van der Waals surface area contributed by atoms with Gasteiger partial charge in [-0.15, -0.1) is 0 Å². The van der Waals surface area contributed by atoms with Crippen LogP contribution in [0, 0.1) is 6.92 Å². The first-order valence-corrected chi connectivity index (χ1v) is 11.8. The highest BCUT2D eigenvalue weighted by Gasteiger charge is 2.26. The van der Waals surface area contributed by atoms with Crippen LogP contribution >= 0.6 is 0 Å². The topological polar surface area (TPSA) is 101 Å². The van der Waals surface area contributed by atoms with E-state index >= 15 is 0 Å². The molecular weight excluding hydrogens is 436 g/mol. The van der Waals surface area contributed by atoms with E-state index in [4.69, 9.17) is 14.2 Å². The second kappa shape index (κ2) is 10.5. The van der Waals surface area contributed by atoms with E-state index in [1.807, 2.05) is 31.2 Å². The van der Waals surface area contributed by atoms with Crippen LogP contribution in [0.15, 0.2) is 29.4 Å². The van der Waals surface area contributed by atoms with Crippen LogP contribution in [0.5, 0.6) is 6.01 Å². The molecule has 0 unspecified atom stereocenters. The van der Waals surface area contributed by atoms with Gasteiger partial charge in [0.05, 0.1) is 26.4 Å². The molecule has 34 heavy (non-hydrogen) atoms. The Hall–Kier alpha value is -3.08. The van der Waals surface area contributed by atoms with Crippen LogP contribution in [0.1, 0.15) is 16.7 Å². The number of fused-ring (bicyclic) bond motifs is 1. The van der Waals surface area contributed by atoms with Gasteiger partial charge in [-0.3, -0.25) is 15.1 Å². The first-order valence-electron chi connectivity index (χ1n) is 11.8. The van der Waals surface area contributed by atoms with Crippen LogP contribution < -0.4 is 15.1 Å². The number of ether oxygens (including phenoxy) is 3. The summed E-state index contributed by atoms with van der Waals surface area (Å²) >= 11 is 0. The largest absolute Gasteiger partial charge is 0.462 e. The average Bonchev–Trinajstić information content (AvgIpc) is 3.18. The molecule has 1 aromatic heterocycles. The lowest BCUT2D eigenvalue weighted by molar-refractivity contribution is -0.112. The third-order valence-electron chi connectivity index (χ3n) is 6.19. The molecule has 0 radical (unpaired) electrons. The maximum atomic E-state index is 12.6. The summed E-state index contributed by atoms with van der Waals surface area (Å²) in [6, 6.07) is 8.13. The number of anilines is 2. The van der Waals surface area contributed by atoms with Crippen molar-refractivity contribution >= 4 is 23.1 Å². The minimum atomic E-state index is -0.00227. The van der Waals surface area contributed by atoms with Crippen molar-refractivity contribution in [3.63, 3.8) is 0 Å². The quantitative estimate of drug-likeness (QED) is 0.605. The zero-order valence-electron chi connectivity index (χ0n) is 19.5. The summed E-state index contributed by atoms with van der Waals surface area (Å²) in [6.07, 6.45) is 0.370. The highest BCUT2D eigenvalue weighted by Crippen LogP contribution is 2.24.